The first kappa shape index (κ1) is 22.1. The van der Waals surface area contributed by atoms with Crippen molar-refractivity contribution < 1.29 is 4.79 Å². The standard InChI is InChI=1S/C24H18BrClN6O2/c1-13(29-23(33)18-21(27)30-31-12-6-11-28-22(18)31)20-19(25)15-9-5-10-16(26)17(15)24(34)32(20)14-7-3-2-4-8-14/h2-13H,1H3,(H2,27,30)(H,29,33)/t13-/m0/s1. The van der Waals surface area contributed by atoms with Crippen molar-refractivity contribution in [3.8, 4) is 5.69 Å². The van der Waals surface area contributed by atoms with Gasteiger partial charge in [0.1, 0.15) is 5.56 Å². The van der Waals surface area contributed by atoms with Gasteiger partial charge in [-0.15, -0.1) is 5.10 Å². The lowest BCUT2D eigenvalue weighted by molar-refractivity contribution is 0.0941. The molecule has 5 aromatic rings. The van der Waals surface area contributed by atoms with Crippen LogP contribution in [0, 0.1) is 0 Å². The van der Waals surface area contributed by atoms with E-state index in [-0.39, 0.29) is 16.9 Å². The minimum absolute atomic E-state index is 0.0632. The minimum atomic E-state index is -0.601. The molecule has 34 heavy (non-hydrogen) atoms. The number of nitrogens with two attached hydrogens (primary N) is 1. The minimum Gasteiger partial charge on any atom is -0.381 e. The summed E-state index contributed by atoms with van der Waals surface area (Å²) in [7, 11) is 0. The highest BCUT2D eigenvalue weighted by Gasteiger charge is 2.26. The Bertz CT molecular complexity index is 1630. The van der Waals surface area contributed by atoms with Crippen molar-refractivity contribution in [2.45, 2.75) is 13.0 Å². The summed E-state index contributed by atoms with van der Waals surface area (Å²) in [5, 5.41) is 8.49. The molecular formula is C24H18BrClN6O2. The fourth-order valence-corrected chi connectivity index (χ4v) is 5.16. The molecule has 0 aliphatic rings. The average Bonchev–Trinajstić information content (AvgIpc) is 3.17. The number of carbonyl (C=O) groups excluding carboxylic acids is 1. The number of pyridine rings is 1. The summed E-state index contributed by atoms with van der Waals surface area (Å²) in [4.78, 5) is 31.2. The van der Waals surface area contributed by atoms with Crippen molar-refractivity contribution in [3.05, 3.63) is 98.1 Å². The van der Waals surface area contributed by atoms with Gasteiger partial charge in [0.25, 0.3) is 11.5 Å². The van der Waals surface area contributed by atoms with Gasteiger partial charge in [-0.1, -0.05) is 41.9 Å². The first-order valence-electron chi connectivity index (χ1n) is 10.4. The number of nitrogens with zero attached hydrogens (tertiary/aromatic N) is 4. The Kier molecular flexibility index (Phi) is 5.59. The van der Waals surface area contributed by atoms with Crippen LogP contribution in [0.5, 0.6) is 0 Å². The Hall–Kier alpha value is -3.69. The fraction of sp³-hybridized carbons (Fsp3) is 0.0833. The van der Waals surface area contributed by atoms with Crippen molar-refractivity contribution in [1.82, 2.24) is 24.5 Å². The Morgan fingerprint density at radius 3 is 2.68 bits per heavy atom. The van der Waals surface area contributed by atoms with Crippen LogP contribution in [0.3, 0.4) is 0 Å². The lowest BCUT2D eigenvalue weighted by atomic mass is 10.1. The first-order valence-corrected chi connectivity index (χ1v) is 11.5. The molecule has 2 aromatic carbocycles. The number of aromatic nitrogens is 4. The first-order chi connectivity index (χ1) is 16.4. The number of benzene rings is 2. The number of halogens is 2. The zero-order valence-corrected chi connectivity index (χ0v) is 20.2. The van der Waals surface area contributed by atoms with Crippen molar-refractivity contribution in [1.29, 1.82) is 0 Å². The Labute approximate surface area is 207 Å². The van der Waals surface area contributed by atoms with E-state index >= 15 is 0 Å². The van der Waals surface area contributed by atoms with Gasteiger partial charge in [0.2, 0.25) is 0 Å². The SMILES string of the molecule is C[C@H](NC(=O)c1c(N)nn2cccnc12)c1c(Br)c2cccc(Cl)c2c(=O)n1-c1ccccc1. The van der Waals surface area contributed by atoms with Crippen LogP contribution in [0.4, 0.5) is 5.82 Å². The molecule has 0 aliphatic heterocycles. The summed E-state index contributed by atoms with van der Waals surface area (Å²) in [5.41, 5.74) is 7.44. The molecule has 0 radical (unpaired) electrons. The number of anilines is 1. The quantitative estimate of drug-likeness (QED) is 0.350. The van der Waals surface area contributed by atoms with Gasteiger partial charge in [-0.3, -0.25) is 14.2 Å². The number of carbonyl (C=O) groups is 1. The van der Waals surface area contributed by atoms with E-state index in [1.165, 1.54) is 4.52 Å². The summed E-state index contributed by atoms with van der Waals surface area (Å²) < 4.78 is 3.65. The van der Waals surface area contributed by atoms with Crippen molar-refractivity contribution in [2.75, 3.05) is 5.73 Å². The molecule has 1 atom stereocenters. The molecule has 8 nitrogen and oxygen atoms in total. The molecule has 10 heteroatoms. The lowest BCUT2D eigenvalue weighted by Gasteiger charge is -2.23. The number of fused-ring (bicyclic) bond motifs is 2. The number of hydrogen-bond acceptors (Lipinski definition) is 5. The van der Waals surface area contributed by atoms with Crippen LogP contribution in [0.2, 0.25) is 5.02 Å². The van der Waals surface area contributed by atoms with Crippen LogP contribution in [-0.4, -0.2) is 25.1 Å². The number of rotatable bonds is 4. The Balaban J connectivity index is 1.68. The zero-order valence-electron chi connectivity index (χ0n) is 17.9. The summed E-state index contributed by atoms with van der Waals surface area (Å²) in [6.07, 6.45) is 3.23. The molecule has 0 bridgehead atoms. The second-order valence-corrected chi connectivity index (χ2v) is 8.88. The van der Waals surface area contributed by atoms with E-state index in [1.807, 2.05) is 36.4 Å². The third kappa shape index (κ3) is 3.53. The average molecular weight is 538 g/mol. The molecule has 3 heterocycles. The lowest BCUT2D eigenvalue weighted by Crippen LogP contribution is -2.33. The maximum atomic E-state index is 13.7. The maximum absolute atomic E-state index is 13.7. The van der Waals surface area contributed by atoms with Crippen LogP contribution < -0.4 is 16.6 Å². The maximum Gasteiger partial charge on any atom is 0.264 e. The Morgan fingerprint density at radius 2 is 1.91 bits per heavy atom. The van der Waals surface area contributed by atoms with Gasteiger partial charge in [-0.2, -0.15) is 0 Å². The van der Waals surface area contributed by atoms with Crippen molar-refractivity contribution in [3.63, 3.8) is 0 Å². The molecule has 0 saturated heterocycles. The molecule has 0 unspecified atom stereocenters. The molecule has 1 amide bonds. The second-order valence-electron chi connectivity index (χ2n) is 7.68. The van der Waals surface area contributed by atoms with Crippen LogP contribution >= 0.6 is 27.5 Å². The second kappa shape index (κ2) is 8.58. The number of nitrogen functional groups attached to an aromatic ring is 1. The summed E-state index contributed by atoms with van der Waals surface area (Å²) in [5.74, 6) is -0.392. The topological polar surface area (TPSA) is 107 Å². The van der Waals surface area contributed by atoms with Crippen molar-refractivity contribution in [2.24, 2.45) is 0 Å². The molecule has 3 aromatic heterocycles. The normalized spacial score (nSPS) is 12.2. The van der Waals surface area contributed by atoms with Gasteiger partial charge < -0.3 is 11.1 Å². The summed E-state index contributed by atoms with van der Waals surface area (Å²) in [6.45, 7) is 1.79. The van der Waals surface area contributed by atoms with E-state index in [9.17, 15) is 9.59 Å². The van der Waals surface area contributed by atoms with Gasteiger partial charge in [0.15, 0.2) is 11.5 Å². The highest BCUT2D eigenvalue weighted by atomic mass is 79.9. The summed E-state index contributed by atoms with van der Waals surface area (Å²) >= 11 is 10.1. The summed E-state index contributed by atoms with van der Waals surface area (Å²) in [6, 6.07) is 15.5. The van der Waals surface area contributed by atoms with Gasteiger partial charge in [-0.05, 0) is 47.1 Å². The van der Waals surface area contributed by atoms with Crippen LogP contribution in [0.25, 0.3) is 22.1 Å². The number of hydrogen-bond donors (Lipinski definition) is 2. The van der Waals surface area contributed by atoms with Gasteiger partial charge in [0.05, 0.1) is 22.1 Å². The Morgan fingerprint density at radius 1 is 1.15 bits per heavy atom. The van der Waals surface area contributed by atoms with E-state index in [0.29, 0.717) is 37.3 Å². The zero-order chi connectivity index (χ0) is 24.0. The molecule has 0 fully saturated rings. The third-order valence-electron chi connectivity index (χ3n) is 5.55. The van der Waals surface area contributed by atoms with Crippen LogP contribution in [0.15, 0.2) is 76.3 Å². The van der Waals surface area contributed by atoms with E-state index in [4.69, 9.17) is 17.3 Å². The highest BCUT2D eigenvalue weighted by Crippen LogP contribution is 2.34. The molecular weight excluding hydrogens is 520 g/mol. The van der Waals surface area contributed by atoms with Crippen LogP contribution in [-0.2, 0) is 0 Å². The van der Waals surface area contributed by atoms with Gasteiger partial charge >= 0.3 is 0 Å². The van der Waals surface area contributed by atoms with Gasteiger partial charge in [0, 0.05) is 27.9 Å². The van der Waals surface area contributed by atoms with Gasteiger partial charge in [-0.25, -0.2) is 9.50 Å². The monoisotopic (exact) mass is 536 g/mol. The van der Waals surface area contributed by atoms with E-state index in [2.05, 4.69) is 31.3 Å². The van der Waals surface area contributed by atoms with E-state index < -0.39 is 11.9 Å². The van der Waals surface area contributed by atoms with E-state index in [0.717, 1.165) is 0 Å². The number of nitrogens with one attached hydrogen (secondary N) is 1. The van der Waals surface area contributed by atoms with Crippen LogP contribution in [0.1, 0.15) is 29.0 Å². The third-order valence-corrected chi connectivity index (χ3v) is 6.70. The van der Waals surface area contributed by atoms with E-state index in [1.54, 1.807) is 42.1 Å². The predicted octanol–water partition coefficient (Wildman–Crippen LogP) is 4.52. The molecule has 0 aliphatic carbocycles. The number of amides is 1. The smallest absolute Gasteiger partial charge is 0.264 e. The highest BCUT2D eigenvalue weighted by molar-refractivity contribution is 9.10. The molecule has 3 N–H and O–H groups in total. The molecule has 5 rings (SSSR count). The molecule has 170 valence electrons. The predicted molar refractivity (Wildman–Crippen MR) is 136 cm³/mol. The van der Waals surface area contributed by atoms with Crippen molar-refractivity contribution >= 4 is 55.7 Å². The molecule has 0 saturated carbocycles. The fourth-order valence-electron chi connectivity index (χ4n) is 4.06. The largest absolute Gasteiger partial charge is 0.381 e. The molecule has 0 spiro atoms. The number of para-hydroxylation sites is 1.